The summed E-state index contributed by atoms with van der Waals surface area (Å²) in [5, 5.41) is 0. The van der Waals surface area contributed by atoms with Crippen LogP contribution in [0.2, 0.25) is 0 Å². The Hall–Kier alpha value is -0.130. The Balaban J connectivity index is 1.79. The van der Waals surface area contributed by atoms with E-state index in [-0.39, 0.29) is 0 Å². The fourth-order valence-corrected chi connectivity index (χ4v) is 4.15. The maximum absolute atomic E-state index is 11.5. The molecule has 2 fully saturated rings. The summed E-state index contributed by atoms with van der Waals surface area (Å²) in [5.41, 5.74) is 6.22. The van der Waals surface area contributed by atoms with Crippen LogP contribution in [-0.4, -0.2) is 51.0 Å². The lowest BCUT2D eigenvalue weighted by Gasteiger charge is -2.42. The van der Waals surface area contributed by atoms with E-state index in [0.717, 1.165) is 32.5 Å². The molecule has 2 aliphatic rings. The van der Waals surface area contributed by atoms with E-state index in [4.69, 9.17) is 5.73 Å². The van der Waals surface area contributed by atoms with Gasteiger partial charge in [-0.1, -0.05) is 6.42 Å². The summed E-state index contributed by atoms with van der Waals surface area (Å²) >= 11 is 0. The van der Waals surface area contributed by atoms with Crippen LogP contribution < -0.4 is 5.73 Å². The largest absolute Gasteiger partial charge is 0.330 e. The molecule has 1 aliphatic heterocycles. The molecule has 100 valence electrons. The van der Waals surface area contributed by atoms with Gasteiger partial charge in [-0.25, -0.2) is 8.42 Å². The van der Waals surface area contributed by atoms with E-state index in [1.807, 2.05) is 0 Å². The second-order valence-electron chi connectivity index (χ2n) is 5.65. The molecule has 0 unspecified atom stereocenters. The lowest BCUT2D eigenvalue weighted by atomic mass is 9.66. The zero-order valence-electron chi connectivity index (χ0n) is 10.5. The van der Waals surface area contributed by atoms with Crippen molar-refractivity contribution in [3.63, 3.8) is 0 Å². The molecule has 0 spiro atoms. The SMILES string of the molecule is NCC1(CCN2CCCS(=O)(=O)CC2)CCC1. The first kappa shape index (κ1) is 13.3. The third kappa shape index (κ3) is 3.42. The summed E-state index contributed by atoms with van der Waals surface area (Å²) in [4.78, 5) is 2.31. The van der Waals surface area contributed by atoms with Gasteiger partial charge in [0, 0.05) is 6.54 Å². The summed E-state index contributed by atoms with van der Waals surface area (Å²) < 4.78 is 23.0. The smallest absolute Gasteiger partial charge is 0.151 e. The summed E-state index contributed by atoms with van der Waals surface area (Å²) in [7, 11) is -2.77. The third-order valence-corrected chi connectivity index (χ3v) is 6.17. The van der Waals surface area contributed by atoms with Gasteiger partial charge in [-0.05, 0) is 50.7 Å². The second-order valence-corrected chi connectivity index (χ2v) is 7.96. The molecule has 0 aromatic carbocycles. The summed E-state index contributed by atoms with van der Waals surface area (Å²) in [6.07, 6.45) is 5.76. The van der Waals surface area contributed by atoms with Crippen molar-refractivity contribution >= 4 is 9.84 Å². The highest BCUT2D eigenvalue weighted by Crippen LogP contribution is 2.42. The van der Waals surface area contributed by atoms with Gasteiger partial charge in [0.25, 0.3) is 0 Å². The van der Waals surface area contributed by atoms with Crippen LogP contribution in [0.4, 0.5) is 0 Å². The lowest BCUT2D eigenvalue weighted by molar-refractivity contribution is 0.108. The Morgan fingerprint density at radius 1 is 1.12 bits per heavy atom. The minimum absolute atomic E-state index is 0.336. The Bertz CT molecular complexity index is 344. The predicted molar refractivity (Wildman–Crippen MR) is 69.7 cm³/mol. The summed E-state index contributed by atoms with van der Waals surface area (Å²) in [5.74, 6) is 0.703. The number of sulfone groups is 1. The van der Waals surface area contributed by atoms with Crippen molar-refractivity contribution in [3.05, 3.63) is 0 Å². The van der Waals surface area contributed by atoms with Crippen LogP contribution in [0.25, 0.3) is 0 Å². The zero-order valence-corrected chi connectivity index (χ0v) is 11.3. The molecule has 1 aliphatic carbocycles. The van der Waals surface area contributed by atoms with Crippen LogP contribution in [0.15, 0.2) is 0 Å². The minimum Gasteiger partial charge on any atom is -0.330 e. The van der Waals surface area contributed by atoms with Crippen LogP contribution in [0.5, 0.6) is 0 Å². The van der Waals surface area contributed by atoms with E-state index in [1.165, 1.54) is 19.3 Å². The second kappa shape index (κ2) is 5.24. The molecule has 0 atom stereocenters. The molecule has 1 saturated heterocycles. The molecule has 5 heteroatoms. The Labute approximate surface area is 104 Å². The topological polar surface area (TPSA) is 63.4 Å². The number of nitrogens with two attached hydrogens (primary N) is 1. The number of hydrogen-bond acceptors (Lipinski definition) is 4. The van der Waals surface area contributed by atoms with Gasteiger partial charge < -0.3 is 10.6 Å². The van der Waals surface area contributed by atoms with Gasteiger partial charge in [0.15, 0.2) is 9.84 Å². The van der Waals surface area contributed by atoms with Crippen molar-refractivity contribution in [1.82, 2.24) is 4.90 Å². The van der Waals surface area contributed by atoms with Crippen molar-refractivity contribution in [2.75, 3.05) is 37.7 Å². The molecule has 0 radical (unpaired) electrons. The molecule has 0 bridgehead atoms. The van der Waals surface area contributed by atoms with E-state index in [9.17, 15) is 8.42 Å². The van der Waals surface area contributed by atoms with E-state index in [0.29, 0.717) is 23.5 Å². The van der Waals surface area contributed by atoms with Gasteiger partial charge in [0.05, 0.1) is 11.5 Å². The molecular formula is C12H24N2O2S. The highest BCUT2D eigenvalue weighted by molar-refractivity contribution is 7.91. The van der Waals surface area contributed by atoms with Gasteiger partial charge in [-0.15, -0.1) is 0 Å². The van der Waals surface area contributed by atoms with Crippen LogP contribution in [-0.2, 0) is 9.84 Å². The van der Waals surface area contributed by atoms with E-state index < -0.39 is 9.84 Å². The summed E-state index contributed by atoms with van der Waals surface area (Å²) in [6.45, 7) is 3.45. The maximum Gasteiger partial charge on any atom is 0.151 e. The number of rotatable bonds is 4. The quantitative estimate of drug-likeness (QED) is 0.805. The van der Waals surface area contributed by atoms with Gasteiger partial charge in [0.2, 0.25) is 0 Å². The molecule has 2 N–H and O–H groups in total. The van der Waals surface area contributed by atoms with Crippen LogP contribution in [0.1, 0.15) is 32.1 Å². The third-order valence-electron chi connectivity index (χ3n) is 4.45. The average Bonchev–Trinajstić information content (AvgIpc) is 2.39. The maximum atomic E-state index is 11.5. The molecule has 4 nitrogen and oxygen atoms in total. The fraction of sp³-hybridized carbons (Fsp3) is 1.00. The van der Waals surface area contributed by atoms with Crippen molar-refractivity contribution in [2.45, 2.75) is 32.1 Å². The highest BCUT2D eigenvalue weighted by atomic mass is 32.2. The fourth-order valence-electron chi connectivity index (χ4n) is 2.84. The lowest BCUT2D eigenvalue weighted by Crippen LogP contribution is -2.41. The van der Waals surface area contributed by atoms with Crippen LogP contribution >= 0.6 is 0 Å². The van der Waals surface area contributed by atoms with Gasteiger partial charge in [-0.3, -0.25) is 0 Å². The first-order chi connectivity index (χ1) is 8.05. The molecule has 0 aromatic rings. The average molecular weight is 260 g/mol. The van der Waals surface area contributed by atoms with E-state index in [1.54, 1.807) is 0 Å². The van der Waals surface area contributed by atoms with Crippen LogP contribution in [0.3, 0.4) is 0 Å². The van der Waals surface area contributed by atoms with E-state index in [2.05, 4.69) is 4.90 Å². The molecule has 0 aromatic heterocycles. The monoisotopic (exact) mass is 260 g/mol. The molecule has 1 heterocycles. The Kier molecular flexibility index (Phi) is 4.10. The molecule has 1 saturated carbocycles. The molecule has 2 rings (SSSR count). The summed E-state index contributed by atoms with van der Waals surface area (Å²) in [6, 6.07) is 0. The first-order valence-corrected chi connectivity index (χ1v) is 8.50. The Morgan fingerprint density at radius 3 is 2.47 bits per heavy atom. The van der Waals surface area contributed by atoms with Crippen molar-refractivity contribution in [3.8, 4) is 0 Å². The van der Waals surface area contributed by atoms with Gasteiger partial charge in [-0.2, -0.15) is 0 Å². The molecule has 17 heavy (non-hydrogen) atoms. The van der Waals surface area contributed by atoms with E-state index >= 15 is 0 Å². The molecule has 0 amide bonds. The normalized spacial score (nSPS) is 28.3. The first-order valence-electron chi connectivity index (χ1n) is 6.68. The Morgan fingerprint density at radius 2 is 1.88 bits per heavy atom. The van der Waals surface area contributed by atoms with Crippen molar-refractivity contribution in [2.24, 2.45) is 11.1 Å². The van der Waals surface area contributed by atoms with Gasteiger partial charge >= 0.3 is 0 Å². The zero-order chi connectivity index (χ0) is 12.4. The number of hydrogen-bond donors (Lipinski definition) is 1. The molecular weight excluding hydrogens is 236 g/mol. The van der Waals surface area contributed by atoms with Crippen molar-refractivity contribution in [1.29, 1.82) is 0 Å². The van der Waals surface area contributed by atoms with Crippen molar-refractivity contribution < 1.29 is 8.42 Å². The number of nitrogens with zero attached hydrogens (tertiary/aromatic N) is 1. The predicted octanol–water partition coefficient (Wildman–Crippen LogP) is 0.626. The minimum atomic E-state index is -2.77. The highest BCUT2D eigenvalue weighted by Gasteiger charge is 2.35. The van der Waals surface area contributed by atoms with Gasteiger partial charge in [0.1, 0.15) is 0 Å². The van der Waals surface area contributed by atoms with Crippen LogP contribution in [0, 0.1) is 5.41 Å². The standard InChI is InChI=1S/C12H24N2O2S/c13-11-12(3-1-4-12)5-7-14-6-2-9-17(15,16)10-8-14/h1-11,13H2.